The minimum atomic E-state index is -1.18. The number of hydrogen-bond donors (Lipinski definition) is 2. The molecule has 0 aromatic heterocycles. The van der Waals surface area contributed by atoms with Crippen molar-refractivity contribution >= 4 is 17.9 Å². The molecule has 5 atom stereocenters. The number of rotatable bonds is 16. The van der Waals surface area contributed by atoms with E-state index in [0.29, 0.717) is 0 Å². The second kappa shape index (κ2) is 16.4. The molecule has 0 fully saturated rings. The van der Waals surface area contributed by atoms with Crippen LogP contribution < -0.4 is 0 Å². The minimum absolute atomic E-state index is 0.119. The molecule has 0 heterocycles. The Kier molecular flexibility index (Phi) is 15.2. The maximum atomic E-state index is 12.2. The van der Waals surface area contributed by atoms with E-state index in [1.807, 2.05) is 0 Å². The standard InChI is InChI=1S/C20H32O11/c1-13(21)10-20(25)31-15(3)17(29-12-27-5)7-9-19(24)30-14(2)16(28-11-26-4)6-8-18(22)23/h6-9,13-17,21H,10-12H2,1-5H3,(H,22,23)/b8-6+,9-7+/t13-,14-,15-,16+,17+/m0/s1. The van der Waals surface area contributed by atoms with Gasteiger partial charge in [-0.25, -0.2) is 9.59 Å². The third-order valence-electron chi connectivity index (χ3n) is 3.61. The van der Waals surface area contributed by atoms with Gasteiger partial charge in [-0.1, -0.05) is 0 Å². The predicted octanol–water partition coefficient (Wildman–Crippen LogP) is 0.796. The molecule has 11 nitrogen and oxygen atoms in total. The number of aliphatic hydroxyl groups is 1. The van der Waals surface area contributed by atoms with Crippen molar-refractivity contribution in [3.05, 3.63) is 24.3 Å². The maximum absolute atomic E-state index is 12.2. The van der Waals surface area contributed by atoms with E-state index in [9.17, 15) is 19.5 Å². The van der Waals surface area contributed by atoms with E-state index in [4.69, 9.17) is 33.5 Å². The number of carboxylic acid groups (broad SMARTS) is 1. The number of hydrogen-bond acceptors (Lipinski definition) is 10. The van der Waals surface area contributed by atoms with Crippen LogP contribution in [0.25, 0.3) is 0 Å². The molecule has 0 amide bonds. The highest BCUT2D eigenvalue weighted by atomic mass is 16.7. The molecule has 31 heavy (non-hydrogen) atoms. The fraction of sp³-hybridized carbons (Fsp3) is 0.650. The van der Waals surface area contributed by atoms with Crippen molar-refractivity contribution in [1.29, 1.82) is 0 Å². The fourth-order valence-corrected chi connectivity index (χ4v) is 2.19. The second-order valence-electron chi connectivity index (χ2n) is 6.52. The number of methoxy groups -OCH3 is 2. The van der Waals surface area contributed by atoms with Crippen LogP contribution in [0.3, 0.4) is 0 Å². The van der Waals surface area contributed by atoms with Crippen LogP contribution in [0.2, 0.25) is 0 Å². The highest BCUT2D eigenvalue weighted by molar-refractivity contribution is 5.82. The molecular weight excluding hydrogens is 416 g/mol. The van der Waals surface area contributed by atoms with Crippen LogP contribution in [0.4, 0.5) is 0 Å². The summed E-state index contributed by atoms with van der Waals surface area (Å²) < 4.78 is 30.8. The molecule has 0 saturated heterocycles. The van der Waals surface area contributed by atoms with E-state index in [0.717, 1.165) is 12.2 Å². The number of aliphatic carboxylic acids is 1. The second-order valence-corrected chi connectivity index (χ2v) is 6.52. The summed E-state index contributed by atoms with van der Waals surface area (Å²) in [6, 6.07) is 0. The van der Waals surface area contributed by atoms with E-state index in [1.54, 1.807) is 6.92 Å². The normalized spacial score (nSPS) is 16.6. The van der Waals surface area contributed by atoms with Gasteiger partial charge in [-0.2, -0.15) is 0 Å². The zero-order chi connectivity index (χ0) is 23.8. The van der Waals surface area contributed by atoms with Crippen LogP contribution in [0.5, 0.6) is 0 Å². The first kappa shape index (κ1) is 28.7. The van der Waals surface area contributed by atoms with Gasteiger partial charge in [0, 0.05) is 26.4 Å². The van der Waals surface area contributed by atoms with Gasteiger partial charge in [0.2, 0.25) is 0 Å². The number of carboxylic acids is 1. The Morgan fingerprint density at radius 2 is 1.32 bits per heavy atom. The Hall–Kier alpha value is -2.31. The first-order valence-corrected chi connectivity index (χ1v) is 9.49. The van der Waals surface area contributed by atoms with Crippen molar-refractivity contribution in [3.8, 4) is 0 Å². The van der Waals surface area contributed by atoms with Crippen LogP contribution >= 0.6 is 0 Å². The van der Waals surface area contributed by atoms with Gasteiger partial charge in [-0.3, -0.25) is 4.79 Å². The highest BCUT2D eigenvalue weighted by Gasteiger charge is 2.22. The molecule has 0 bridgehead atoms. The molecule has 0 saturated carbocycles. The Labute approximate surface area is 181 Å². The van der Waals surface area contributed by atoms with E-state index >= 15 is 0 Å². The van der Waals surface area contributed by atoms with Crippen molar-refractivity contribution in [1.82, 2.24) is 0 Å². The van der Waals surface area contributed by atoms with Crippen molar-refractivity contribution in [2.45, 2.75) is 57.7 Å². The molecule has 0 rings (SSSR count). The smallest absolute Gasteiger partial charge is 0.330 e. The summed E-state index contributed by atoms with van der Waals surface area (Å²) in [7, 11) is 2.80. The van der Waals surface area contributed by atoms with Crippen molar-refractivity contribution in [2.24, 2.45) is 0 Å². The van der Waals surface area contributed by atoms with Crippen LogP contribution in [-0.2, 0) is 42.8 Å². The molecule has 0 aromatic carbocycles. The molecule has 0 aliphatic rings. The van der Waals surface area contributed by atoms with Crippen molar-refractivity contribution in [3.63, 3.8) is 0 Å². The van der Waals surface area contributed by atoms with Gasteiger partial charge < -0.3 is 38.6 Å². The summed E-state index contributed by atoms with van der Waals surface area (Å²) in [6.45, 7) is 4.29. The van der Waals surface area contributed by atoms with Crippen LogP contribution in [0.15, 0.2) is 24.3 Å². The number of carbonyl (C=O) groups is 3. The average molecular weight is 448 g/mol. The largest absolute Gasteiger partial charge is 0.478 e. The summed E-state index contributed by atoms with van der Waals surface area (Å²) in [5.74, 6) is -2.56. The summed E-state index contributed by atoms with van der Waals surface area (Å²) in [6.07, 6.45) is 0.210. The zero-order valence-corrected chi connectivity index (χ0v) is 18.4. The lowest BCUT2D eigenvalue weighted by atomic mass is 10.2. The lowest BCUT2D eigenvalue weighted by molar-refractivity contribution is -0.160. The topological polar surface area (TPSA) is 147 Å². The quantitative estimate of drug-likeness (QED) is 0.196. The monoisotopic (exact) mass is 448 g/mol. The van der Waals surface area contributed by atoms with Gasteiger partial charge in [0.15, 0.2) is 0 Å². The molecule has 0 radical (unpaired) electrons. The molecule has 178 valence electrons. The van der Waals surface area contributed by atoms with Gasteiger partial charge in [-0.05, 0) is 32.9 Å². The molecule has 2 N–H and O–H groups in total. The molecule has 0 aromatic rings. The third-order valence-corrected chi connectivity index (χ3v) is 3.61. The van der Waals surface area contributed by atoms with Crippen LogP contribution in [0, 0.1) is 0 Å². The third kappa shape index (κ3) is 14.3. The van der Waals surface area contributed by atoms with Crippen molar-refractivity contribution in [2.75, 3.05) is 27.8 Å². The molecular formula is C20H32O11. The number of aliphatic hydroxyl groups excluding tert-OH is 1. The van der Waals surface area contributed by atoms with E-state index in [1.165, 1.54) is 40.2 Å². The molecule has 0 spiro atoms. The Morgan fingerprint density at radius 3 is 1.77 bits per heavy atom. The van der Waals surface area contributed by atoms with E-state index < -0.39 is 48.4 Å². The summed E-state index contributed by atoms with van der Waals surface area (Å²) in [4.78, 5) is 34.6. The van der Waals surface area contributed by atoms with E-state index in [2.05, 4.69) is 0 Å². The average Bonchev–Trinajstić information content (AvgIpc) is 2.66. The van der Waals surface area contributed by atoms with Gasteiger partial charge in [0.1, 0.15) is 38.0 Å². The summed E-state index contributed by atoms with van der Waals surface area (Å²) in [5, 5.41) is 18.0. The van der Waals surface area contributed by atoms with E-state index in [-0.39, 0.29) is 20.0 Å². The highest BCUT2D eigenvalue weighted by Crippen LogP contribution is 2.11. The SMILES string of the molecule is COCO[C@H](/C=C/C(=O)O)[C@H](C)OC(=O)/C=C/[C@@H](OCOC)[C@H](C)OC(=O)C[C@H](C)O. The fourth-order valence-electron chi connectivity index (χ4n) is 2.19. The van der Waals surface area contributed by atoms with Gasteiger partial charge in [0.25, 0.3) is 0 Å². The first-order chi connectivity index (χ1) is 14.6. The van der Waals surface area contributed by atoms with Crippen LogP contribution in [-0.4, -0.2) is 86.4 Å². The number of ether oxygens (including phenoxy) is 6. The summed E-state index contributed by atoms with van der Waals surface area (Å²) in [5.41, 5.74) is 0. The maximum Gasteiger partial charge on any atom is 0.330 e. The predicted molar refractivity (Wildman–Crippen MR) is 107 cm³/mol. The minimum Gasteiger partial charge on any atom is -0.478 e. The number of carbonyl (C=O) groups excluding carboxylic acids is 2. The van der Waals surface area contributed by atoms with Gasteiger partial charge in [-0.15, -0.1) is 0 Å². The summed E-state index contributed by atoms with van der Waals surface area (Å²) >= 11 is 0. The molecule has 0 unspecified atom stereocenters. The Morgan fingerprint density at radius 1 is 0.839 bits per heavy atom. The van der Waals surface area contributed by atoms with Crippen LogP contribution in [0.1, 0.15) is 27.2 Å². The number of esters is 2. The van der Waals surface area contributed by atoms with Crippen molar-refractivity contribution < 1.29 is 53.0 Å². The Bertz CT molecular complexity index is 600. The molecule has 11 heteroatoms. The first-order valence-electron chi connectivity index (χ1n) is 9.49. The molecule has 0 aliphatic heterocycles. The molecule has 0 aliphatic carbocycles. The van der Waals surface area contributed by atoms with Gasteiger partial charge in [0.05, 0.1) is 12.5 Å². The van der Waals surface area contributed by atoms with Gasteiger partial charge >= 0.3 is 17.9 Å². The Balaban J connectivity index is 5.04. The lowest BCUT2D eigenvalue weighted by Crippen LogP contribution is -2.32. The lowest BCUT2D eigenvalue weighted by Gasteiger charge is -2.22. The zero-order valence-electron chi connectivity index (χ0n) is 18.4.